The zero-order valence-corrected chi connectivity index (χ0v) is 11.9. The molecular formula is C16H18FN3O. The van der Waals surface area contributed by atoms with E-state index in [0.29, 0.717) is 18.8 Å². The molecule has 4 nitrogen and oxygen atoms in total. The molecule has 5 heteroatoms. The number of hydrogen-bond acceptors (Lipinski definition) is 2. The van der Waals surface area contributed by atoms with Crippen molar-refractivity contribution in [3.05, 3.63) is 60.2 Å². The van der Waals surface area contributed by atoms with Crippen LogP contribution < -0.4 is 5.32 Å². The molecule has 0 fully saturated rings. The van der Waals surface area contributed by atoms with Gasteiger partial charge in [-0.3, -0.25) is 4.98 Å². The van der Waals surface area contributed by atoms with Gasteiger partial charge in [0.25, 0.3) is 0 Å². The van der Waals surface area contributed by atoms with Crippen molar-refractivity contribution in [1.82, 2.24) is 9.88 Å². The summed E-state index contributed by atoms with van der Waals surface area (Å²) in [6.45, 7) is 3.16. The lowest BCUT2D eigenvalue weighted by atomic mass is 10.2. The second-order valence-corrected chi connectivity index (χ2v) is 4.62. The lowest BCUT2D eigenvalue weighted by molar-refractivity contribution is 0.215. The average molecular weight is 287 g/mol. The van der Waals surface area contributed by atoms with Gasteiger partial charge in [0.1, 0.15) is 5.82 Å². The second kappa shape index (κ2) is 7.38. The fourth-order valence-electron chi connectivity index (χ4n) is 1.95. The molecule has 0 atom stereocenters. The largest absolute Gasteiger partial charge is 0.324 e. The summed E-state index contributed by atoms with van der Waals surface area (Å²) in [4.78, 5) is 17.8. The van der Waals surface area contributed by atoms with Crippen LogP contribution in [0, 0.1) is 5.82 Å². The van der Waals surface area contributed by atoms with Crippen molar-refractivity contribution in [2.45, 2.75) is 13.3 Å². The standard InChI is InChI=1S/C16H18FN3O/c1-2-20(12-9-13-7-10-18-11-8-13)16(21)19-15-5-3-14(17)4-6-15/h3-8,10-11H,2,9,12H2,1H3,(H,19,21). The Bertz CT molecular complexity index is 572. The molecule has 21 heavy (non-hydrogen) atoms. The second-order valence-electron chi connectivity index (χ2n) is 4.62. The van der Waals surface area contributed by atoms with Gasteiger partial charge in [-0.1, -0.05) is 0 Å². The highest BCUT2D eigenvalue weighted by molar-refractivity contribution is 5.89. The molecule has 1 aromatic heterocycles. The van der Waals surface area contributed by atoms with Gasteiger partial charge in [-0.2, -0.15) is 0 Å². The van der Waals surface area contributed by atoms with E-state index in [1.54, 1.807) is 29.4 Å². The molecule has 0 spiro atoms. The zero-order valence-electron chi connectivity index (χ0n) is 11.9. The molecule has 1 heterocycles. The summed E-state index contributed by atoms with van der Waals surface area (Å²) in [5, 5.41) is 2.76. The lowest BCUT2D eigenvalue weighted by Crippen LogP contribution is -2.36. The minimum absolute atomic E-state index is 0.182. The van der Waals surface area contributed by atoms with Crippen LogP contribution >= 0.6 is 0 Å². The SMILES string of the molecule is CCN(CCc1ccncc1)C(=O)Nc1ccc(F)cc1. The van der Waals surface area contributed by atoms with Crippen molar-refractivity contribution in [3.8, 4) is 0 Å². The third kappa shape index (κ3) is 4.56. The van der Waals surface area contributed by atoms with E-state index in [9.17, 15) is 9.18 Å². The predicted octanol–water partition coefficient (Wildman–Crippen LogP) is 3.32. The first kappa shape index (κ1) is 15.0. The van der Waals surface area contributed by atoms with Crippen molar-refractivity contribution in [2.75, 3.05) is 18.4 Å². The van der Waals surface area contributed by atoms with E-state index in [1.165, 1.54) is 12.1 Å². The van der Waals surface area contributed by atoms with Gasteiger partial charge in [-0.15, -0.1) is 0 Å². The normalized spacial score (nSPS) is 10.2. The first-order chi connectivity index (χ1) is 10.2. The Morgan fingerprint density at radius 3 is 2.48 bits per heavy atom. The smallest absolute Gasteiger partial charge is 0.321 e. The van der Waals surface area contributed by atoms with E-state index in [1.807, 2.05) is 19.1 Å². The summed E-state index contributed by atoms with van der Waals surface area (Å²) in [7, 11) is 0. The van der Waals surface area contributed by atoms with Crippen LogP contribution in [0.4, 0.5) is 14.9 Å². The summed E-state index contributed by atoms with van der Waals surface area (Å²) < 4.78 is 12.8. The van der Waals surface area contributed by atoms with Gasteiger partial charge in [0.15, 0.2) is 0 Å². The third-order valence-electron chi connectivity index (χ3n) is 3.18. The molecular weight excluding hydrogens is 269 g/mol. The predicted molar refractivity (Wildman–Crippen MR) is 80.6 cm³/mol. The Hall–Kier alpha value is -2.43. The van der Waals surface area contributed by atoms with Crippen molar-refractivity contribution in [2.24, 2.45) is 0 Å². The number of anilines is 1. The summed E-state index contributed by atoms with van der Waals surface area (Å²) in [5.74, 6) is -0.321. The zero-order chi connectivity index (χ0) is 15.1. The van der Waals surface area contributed by atoms with E-state index in [0.717, 1.165) is 12.0 Å². The highest BCUT2D eigenvalue weighted by Crippen LogP contribution is 2.09. The van der Waals surface area contributed by atoms with E-state index in [4.69, 9.17) is 0 Å². The summed E-state index contributed by atoms with van der Waals surface area (Å²) in [6, 6.07) is 9.43. The van der Waals surface area contributed by atoms with Crippen LogP contribution in [0.3, 0.4) is 0 Å². The number of pyridine rings is 1. The number of nitrogens with one attached hydrogen (secondary N) is 1. The molecule has 1 N–H and O–H groups in total. The van der Waals surface area contributed by atoms with Crippen molar-refractivity contribution < 1.29 is 9.18 Å². The molecule has 2 amide bonds. The number of hydrogen-bond donors (Lipinski definition) is 1. The quantitative estimate of drug-likeness (QED) is 0.917. The number of likely N-dealkylation sites (N-methyl/N-ethyl adjacent to an activating group) is 1. The number of carbonyl (C=O) groups excluding carboxylic acids is 1. The molecule has 0 aliphatic carbocycles. The molecule has 2 aromatic rings. The monoisotopic (exact) mass is 287 g/mol. The maximum absolute atomic E-state index is 12.8. The fourth-order valence-corrected chi connectivity index (χ4v) is 1.95. The maximum atomic E-state index is 12.8. The maximum Gasteiger partial charge on any atom is 0.321 e. The van der Waals surface area contributed by atoms with Gasteiger partial charge in [0.05, 0.1) is 0 Å². The van der Waals surface area contributed by atoms with Gasteiger partial charge in [-0.25, -0.2) is 9.18 Å². The number of aromatic nitrogens is 1. The first-order valence-electron chi connectivity index (χ1n) is 6.89. The average Bonchev–Trinajstić information content (AvgIpc) is 2.51. The fraction of sp³-hybridized carbons (Fsp3) is 0.250. The molecule has 0 aliphatic rings. The van der Waals surface area contributed by atoms with E-state index in [-0.39, 0.29) is 11.8 Å². The van der Waals surface area contributed by atoms with Gasteiger partial charge in [-0.05, 0) is 55.3 Å². The van der Waals surface area contributed by atoms with Gasteiger partial charge < -0.3 is 10.2 Å². The first-order valence-corrected chi connectivity index (χ1v) is 6.89. The molecule has 0 saturated carbocycles. The van der Waals surface area contributed by atoms with Crippen LogP contribution in [-0.2, 0) is 6.42 Å². The van der Waals surface area contributed by atoms with Crippen LogP contribution in [0.25, 0.3) is 0 Å². The molecule has 110 valence electrons. The Morgan fingerprint density at radius 2 is 1.86 bits per heavy atom. The Balaban J connectivity index is 1.90. The number of urea groups is 1. The van der Waals surface area contributed by atoms with Crippen LogP contribution in [-0.4, -0.2) is 29.0 Å². The van der Waals surface area contributed by atoms with Crippen LogP contribution in [0.15, 0.2) is 48.8 Å². The number of rotatable bonds is 5. The lowest BCUT2D eigenvalue weighted by Gasteiger charge is -2.21. The molecule has 0 saturated heterocycles. The topological polar surface area (TPSA) is 45.2 Å². The minimum Gasteiger partial charge on any atom is -0.324 e. The molecule has 0 unspecified atom stereocenters. The van der Waals surface area contributed by atoms with E-state index >= 15 is 0 Å². The van der Waals surface area contributed by atoms with Crippen molar-refractivity contribution >= 4 is 11.7 Å². The highest BCUT2D eigenvalue weighted by atomic mass is 19.1. The Morgan fingerprint density at radius 1 is 1.19 bits per heavy atom. The van der Waals surface area contributed by atoms with E-state index < -0.39 is 0 Å². The number of halogens is 1. The third-order valence-corrected chi connectivity index (χ3v) is 3.18. The molecule has 0 aliphatic heterocycles. The number of carbonyl (C=O) groups is 1. The molecule has 0 radical (unpaired) electrons. The molecule has 2 rings (SSSR count). The van der Waals surface area contributed by atoms with Crippen LogP contribution in [0.1, 0.15) is 12.5 Å². The molecule has 1 aromatic carbocycles. The minimum atomic E-state index is -0.321. The number of benzene rings is 1. The summed E-state index contributed by atoms with van der Waals surface area (Å²) in [5.41, 5.74) is 1.72. The van der Waals surface area contributed by atoms with E-state index in [2.05, 4.69) is 10.3 Å². The van der Waals surface area contributed by atoms with Crippen LogP contribution in [0.2, 0.25) is 0 Å². The van der Waals surface area contributed by atoms with Crippen LogP contribution in [0.5, 0.6) is 0 Å². The summed E-state index contributed by atoms with van der Waals surface area (Å²) >= 11 is 0. The van der Waals surface area contributed by atoms with Crippen molar-refractivity contribution in [3.63, 3.8) is 0 Å². The van der Waals surface area contributed by atoms with Crippen molar-refractivity contribution in [1.29, 1.82) is 0 Å². The Labute approximate surface area is 123 Å². The number of nitrogens with zero attached hydrogens (tertiary/aromatic N) is 2. The number of amides is 2. The van der Waals surface area contributed by atoms with Gasteiger partial charge in [0.2, 0.25) is 0 Å². The van der Waals surface area contributed by atoms with Gasteiger partial charge in [0, 0.05) is 31.2 Å². The molecule has 0 bridgehead atoms. The highest BCUT2D eigenvalue weighted by Gasteiger charge is 2.11. The van der Waals surface area contributed by atoms with Gasteiger partial charge >= 0.3 is 6.03 Å². The Kier molecular flexibility index (Phi) is 5.26. The summed E-state index contributed by atoms with van der Waals surface area (Å²) in [6.07, 6.45) is 4.25.